The van der Waals surface area contributed by atoms with Crippen LogP contribution in [0, 0.1) is 15.3 Å². The number of ether oxygens (including phenoxy) is 2. The summed E-state index contributed by atoms with van der Waals surface area (Å²) in [5.41, 5.74) is 0. The van der Waals surface area contributed by atoms with E-state index in [4.69, 9.17) is 29.9 Å². The van der Waals surface area contributed by atoms with Gasteiger partial charge >= 0.3 is 22.4 Å². The fourth-order valence-corrected chi connectivity index (χ4v) is 0.633. The SMILES string of the molecule is CCCCOCCOCCO.O=[N+]([O-])[O-].[Ag+]. The third kappa shape index (κ3) is 37.1. The summed E-state index contributed by atoms with van der Waals surface area (Å²) in [4.78, 5) is 8.25. The zero-order chi connectivity index (χ0) is 11.9. The number of unbranched alkanes of at least 4 members (excludes halogenated alkanes) is 1. The molecule has 0 atom stereocenters. The second-order valence-electron chi connectivity index (χ2n) is 2.53. The largest absolute Gasteiger partial charge is 1.00 e. The van der Waals surface area contributed by atoms with Crippen LogP contribution in [-0.4, -0.2) is 43.2 Å². The number of rotatable bonds is 8. The third-order valence-electron chi connectivity index (χ3n) is 1.25. The molecule has 16 heavy (non-hydrogen) atoms. The van der Waals surface area contributed by atoms with E-state index in [-0.39, 0.29) is 29.0 Å². The molecule has 0 aliphatic carbocycles. The van der Waals surface area contributed by atoms with Crippen molar-refractivity contribution in [3.8, 4) is 0 Å². The minimum absolute atomic E-state index is 0. The summed E-state index contributed by atoms with van der Waals surface area (Å²) in [5.74, 6) is 0. The molecule has 0 aromatic rings. The van der Waals surface area contributed by atoms with Gasteiger partial charge in [-0.1, -0.05) is 13.3 Å². The number of nitrogens with zero attached hydrogens (tertiary/aromatic N) is 1. The molecule has 0 aromatic carbocycles. The van der Waals surface area contributed by atoms with Crippen LogP contribution < -0.4 is 0 Å². The summed E-state index contributed by atoms with van der Waals surface area (Å²) in [6.45, 7) is 4.68. The molecule has 0 aromatic heterocycles. The first-order valence-corrected chi connectivity index (χ1v) is 4.73. The average Bonchev–Trinajstić information content (AvgIpc) is 2.16. The van der Waals surface area contributed by atoms with Gasteiger partial charge in [0.05, 0.1) is 31.5 Å². The minimum atomic E-state index is -1.75. The monoisotopic (exact) mass is 331 g/mol. The first kappa shape index (κ1) is 21.1. The Kier molecular flexibility index (Phi) is 26.8. The molecule has 7 nitrogen and oxygen atoms in total. The smallest absolute Gasteiger partial charge is 0.394 e. The maximum Gasteiger partial charge on any atom is 1.00 e. The van der Waals surface area contributed by atoms with Crippen molar-refractivity contribution in [3.05, 3.63) is 15.3 Å². The topological polar surface area (TPSA) is 105 Å². The van der Waals surface area contributed by atoms with Crippen molar-refractivity contribution in [2.75, 3.05) is 33.0 Å². The molecular weight excluding hydrogens is 314 g/mol. The zero-order valence-electron chi connectivity index (χ0n) is 9.19. The van der Waals surface area contributed by atoms with Crippen LogP contribution in [0.1, 0.15) is 19.8 Å². The van der Waals surface area contributed by atoms with E-state index in [2.05, 4.69) is 6.92 Å². The summed E-state index contributed by atoms with van der Waals surface area (Å²) in [5, 5.41) is 23.1. The molecular formula is C8H18AgNO6. The zero-order valence-corrected chi connectivity index (χ0v) is 10.7. The van der Waals surface area contributed by atoms with E-state index in [1.165, 1.54) is 0 Å². The Labute approximate surface area is 110 Å². The predicted molar refractivity (Wildman–Crippen MR) is 54.0 cm³/mol. The second-order valence-corrected chi connectivity index (χ2v) is 2.53. The summed E-state index contributed by atoms with van der Waals surface area (Å²) in [7, 11) is 0. The van der Waals surface area contributed by atoms with E-state index in [1.807, 2.05) is 0 Å². The molecule has 1 N–H and O–H groups in total. The fraction of sp³-hybridized carbons (Fsp3) is 1.00. The van der Waals surface area contributed by atoms with Crippen LogP contribution in [-0.2, 0) is 31.9 Å². The molecule has 0 saturated heterocycles. The van der Waals surface area contributed by atoms with Gasteiger partial charge in [0, 0.05) is 6.61 Å². The minimum Gasteiger partial charge on any atom is -0.394 e. The first-order valence-electron chi connectivity index (χ1n) is 4.73. The van der Waals surface area contributed by atoms with Crippen LogP contribution in [0.3, 0.4) is 0 Å². The van der Waals surface area contributed by atoms with Crippen molar-refractivity contribution in [1.82, 2.24) is 0 Å². The van der Waals surface area contributed by atoms with Gasteiger partial charge in [-0.3, -0.25) is 0 Å². The van der Waals surface area contributed by atoms with Gasteiger partial charge in [0.15, 0.2) is 0 Å². The molecule has 0 fully saturated rings. The van der Waals surface area contributed by atoms with Crippen LogP contribution in [0.15, 0.2) is 0 Å². The van der Waals surface area contributed by atoms with Gasteiger partial charge in [-0.25, -0.2) is 0 Å². The molecule has 0 saturated carbocycles. The normalized spacial score (nSPS) is 8.62. The van der Waals surface area contributed by atoms with Crippen LogP contribution in [0.2, 0.25) is 0 Å². The quantitative estimate of drug-likeness (QED) is 0.302. The average molecular weight is 332 g/mol. The van der Waals surface area contributed by atoms with E-state index >= 15 is 0 Å². The predicted octanol–water partition coefficient (Wildman–Crippen LogP) is 0.570. The Morgan fingerprint density at radius 2 is 1.56 bits per heavy atom. The van der Waals surface area contributed by atoms with Crippen molar-refractivity contribution in [3.63, 3.8) is 0 Å². The van der Waals surface area contributed by atoms with Crippen LogP contribution in [0.25, 0.3) is 0 Å². The van der Waals surface area contributed by atoms with Gasteiger partial charge in [0.2, 0.25) is 0 Å². The van der Waals surface area contributed by atoms with Gasteiger partial charge < -0.3 is 29.9 Å². The first-order chi connectivity index (χ1) is 7.15. The molecule has 0 radical (unpaired) electrons. The standard InChI is InChI=1S/C8H18O3.Ag.NO3/c1-2-3-5-10-7-8-11-6-4-9;;2-1(3)4/h9H,2-8H2,1H3;;/q;+1;-1. The van der Waals surface area contributed by atoms with E-state index in [1.54, 1.807) is 0 Å². The molecule has 0 amide bonds. The van der Waals surface area contributed by atoms with E-state index in [0.29, 0.717) is 19.8 Å². The van der Waals surface area contributed by atoms with Crippen LogP contribution in [0.4, 0.5) is 0 Å². The number of aliphatic hydroxyl groups excluding tert-OH is 1. The van der Waals surface area contributed by atoms with Gasteiger partial charge in [-0.2, -0.15) is 0 Å². The molecule has 8 heteroatoms. The second kappa shape index (κ2) is 20.3. The molecule has 0 aliphatic rings. The van der Waals surface area contributed by atoms with Gasteiger partial charge in [0.25, 0.3) is 0 Å². The van der Waals surface area contributed by atoms with Gasteiger partial charge in [-0.15, -0.1) is 0 Å². The molecule has 0 bridgehead atoms. The Hall–Kier alpha value is -0.180. The Bertz CT molecular complexity index is 126. The molecule has 102 valence electrons. The van der Waals surface area contributed by atoms with Crippen molar-refractivity contribution in [2.24, 2.45) is 0 Å². The number of aliphatic hydroxyl groups is 1. The van der Waals surface area contributed by atoms with E-state index in [0.717, 1.165) is 19.4 Å². The van der Waals surface area contributed by atoms with E-state index < -0.39 is 5.09 Å². The Balaban J connectivity index is -0.000000292. The molecule has 0 aliphatic heterocycles. The fourth-order valence-electron chi connectivity index (χ4n) is 0.633. The van der Waals surface area contributed by atoms with Crippen LogP contribution in [0.5, 0.6) is 0 Å². The summed E-state index contributed by atoms with van der Waals surface area (Å²) in [6, 6.07) is 0. The third-order valence-corrected chi connectivity index (χ3v) is 1.25. The molecule has 0 spiro atoms. The molecule has 0 heterocycles. The number of hydrogen-bond donors (Lipinski definition) is 1. The molecule has 0 unspecified atom stereocenters. The van der Waals surface area contributed by atoms with Crippen molar-refractivity contribution in [2.45, 2.75) is 19.8 Å². The van der Waals surface area contributed by atoms with E-state index in [9.17, 15) is 0 Å². The summed E-state index contributed by atoms with van der Waals surface area (Å²) >= 11 is 0. The molecule has 0 rings (SSSR count). The summed E-state index contributed by atoms with van der Waals surface area (Å²) < 4.78 is 10.2. The maximum absolute atomic E-state index is 8.34. The van der Waals surface area contributed by atoms with Crippen molar-refractivity contribution >= 4 is 0 Å². The van der Waals surface area contributed by atoms with Crippen molar-refractivity contribution < 1.29 is 42.0 Å². The van der Waals surface area contributed by atoms with Crippen LogP contribution >= 0.6 is 0 Å². The van der Waals surface area contributed by atoms with Crippen molar-refractivity contribution in [1.29, 1.82) is 0 Å². The maximum atomic E-state index is 8.34. The summed E-state index contributed by atoms with van der Waals surface area (Å²) in [6.07, 6.45) is 2.28. The number of hydrogen-bond acceptors (Lipinski definition) is 6. The van der Waals surface area contributed by atoms with Gasteiger partial charge in [-0.05, 0) is 6.42 Å². The van der Waals surface area contributed by atoms with Gasteiger partial charge in [0.1, 0.15) is 0 Å². The Morgan fingerprint density at radius 1 is 1.12 bits per heavy atom. The Morgan fingerprint density at radius 3 is 1.94 bits per heavy atom.